The van der Waals surface area contributed by atoms with Crippen LogP contribution in [-0.4, -0.2) is 54.8 Å². The van der Waals surface area contributed by atoms with Gasteiger partial charge in [-0.3, -0.25) is 19.3 Å². The molecule has 3 aromatic heterocycles. The number of benzene rings is 1. The standard InChI is InChI=1S/C22H17F6N7O2/c1-33-17-14-7-11(3-6-16(14)32-18(29)15(17)9-31-33)19(36)35(34(2)20(37)22(26,27)28)10-13-5-4-12(8-30-13)21(23,24)25/h3-9H,10H2,1-2H3,(H2,29,32). The minimum atomic E-state index is -5.33. The molecule has 15 heteroatoms. The summed E-state index contributed by atoms with van der Waals surface area (Å²) >= 11 is 0. The number of nitrogen functional groups attached to an aromatic ring is 1. The lowest BCUT2D eigenvalue weighted by Crippen LogP contribution is -2.51. The monoisotopic (exact) mass is 525 g/mol. The zero-order valence-corrected chi connectivity index (χ0v) is 19.1. The van der Waals surface area contributed by atoms with Gasteiger partial charge in [-0.1, -0.05) is 0 Å². The molecule has 2 N–H and O–H groups in total. The number of pyridine rings is 2. The van der Waals surface area contributed by atoms with Crippen LogP contribution < -0.4 is 5.73 Å². The number of rotatable bonds is 3. The molecule has 4 aromatic rings. The number of hydrogen-bond donors (Lipinski definition) is 1. The van der Waals surface area contributed by atoms with Gasteiger partial charge >= 0.3 is 18.3 Å². The first kappa shape index (κ1) is 25.7. The lowest BCUT2D eigenvalue weighted by Gasteiger charge is -2.32. The predicted molar refractivity (Wildman–Crippen MR) is 118 cm³/mol. The normalized spacial score (nSPS) is 12.2. The second-order valence-electron chi connectivity index (χ2n) is 7.98. The van der Waals surface area contributed by atoms with Crippen LogP contribution in [0, 0.1) is 0 Å². The average Bonchev–Trinajstić information content (AvgIpc) is 3.22. The predicted octanol–water partition coefficient (Wildman–Crippen LogP) is 3.70. The van der Waals surface area contributed by atoms with Crippen LogP contribution in [0.2, 0.25) is 0 Å². The fourth-order valence-corrected chi connectivity index (χ4v) is 3.69. The van der Waals surface area contributed by atoms with Gasteiger partial charge in [-0.15, -0.1) is 0 Å². The number of halogens is 6. The van der Waals surface area contributed by atoms with E-state index in [1.807, 2.05) is 0 Å². The molecule has 0 atom stereocenters. The maximum atomic E-state index is 13.4. The van der Waals surface area contributed by atoms with Crippen molar-refractivity contribution in [1.82, 2.24) is 29.8 Å². The number of carbonyl (C=O) groups excluding carboxylic acids is 2. The summed E-state index contributed by atoms with van der Waals surface area (Å²) in [6.45, 7) is -0.728. The molecular formula is C22H17F6N7O2. The lowest BCUT2D eigenvalue weighted by atomic mass is 10.1. The van der Waals surface area contributed by atoms with Gasteiger partial charge in [0.25, 0.3) is 5.91 Å². The van der Waals surface area contributed by atoms with Gasteiger partial charge in [0.15, 0.2) is 0 Å². The summed E-state index contributed by atoms with van der Waals surface area (Å²) in [5.74, 6) is -3.23. The van der Waals surface area contributed by atoms with Gasteiger partial charge < -0.3 is 5.73 Å². The average molecular weight is 525 g/mol. The van der Waals surface area contributed by atoms with Crippen molar-refractivity contribution >= 4 is 39.4 Å². The van der Waals surface area contributed by atoms with Crippen LogP contribution in [0.3, 0.4) is 0 Å². The summed E-state index contributed by atoms with van der Waals surface area (Å²) in [5, 5.41) is 5.49. The summed E-state index contributed by atoms with van der Waals surface area (Å²) in [6, 6.07) is 5.63. The van der Waals surface area contributed by atoms with Crippen LogP contribution in [0.4, 0.5) is 32.2 Å². The summed E-state index contributed by atoms with van der Waals surface area (Å²) in [5.41, 5.74) is 5.43. The Labute approximate surface area is 204 Å². The second kappa shape index (κ2) is 8.90. The first-order chi connectivity index (χ1) is 17.2. The van der Waals surface area contributed by atoms with Crippen molar-refractivity contribution in [1.29, 1.82) is 0 Å². The van der Waals surface area contributed by atoms with Gasteiger partial charge in [-0.25, -0.2) is 15.0 Å². The van der Waals surface area contributed by atoms with Crippen LogP contribution in [0.25, 0.3) is 21.8 Å². The summed E-state index contributed by atoms with van der Waals surface area (Å²) in [7, 11) is 2.34. The van der Waals surface area contributed by atoms with E-state index in [1.165, 1.54) is 29.1 Å². The van der Waals surface area contributed by atoms with Gasteiger partial charge in [0.2, 0.25) is 0 Å². The van der Waals surface area contributed by atoms with Gasteiger partial charge in [0.1, 0.15) is 5.82 Å². The van der Waals surface area contributed by atoms with E-state index in [0.29, 0.717) is 39.1 Å². The molecule has 0 fully saturated rings. The molecule has 37 heavy (non-hydrogen) atoms. The highest BCUT2D eigenvalue weighted by Crippen LogP contribution is 2.30. The molecule has 0 aliphatic carbocycles. The molecule has 0 spiro atoms. The van der Waals surface area contributed by atoms with Crippen LogP contribution in [0.15, 0.2) is 42.7 Å². The Morgan fingerprint density at radius 2 is 1.73 bits per heavy atom. The Morgan fingerprint density at radius 3 is 2.32 bits per heavy atom. The van der Waals surface area contributed by atoms with Crippen molar-refractivity contribution in [3.63, 3.8) is 0 Å². The van der Waals surface area contributed by atoms with Crippen LogP contribution >= 0.6 is 0 Å². The highest BCUT2D eigenvalue weighted by atomic mass is 19.4. The second-order valence-corrected chi connectivity index (χ2v) is 7.98. The molecule has 1 aromatic carbocycles. The third-order valence-electron chi connectivity index (χ3n) is 5.55. The Morgan fingerprint density at radius 1 is 1.03 bits per heavy atom. The number of nitrogens with two attached hydrogens (primary N) is 1. The molecule has 0 radical (unpaired) electrons. The van der Waals surface area contributed by atoms with E-state index >= 15 is 0 Å². The number of aryl methyl sites for hydroxylation is 1. The van der Waals surface area contributed by atoms with E-state index in [4.69, 9.17) is 5.73 Å². The Kier molecular flexibility index (Phi) is 6.17. The fraction of sp³-hybridized carbons (Fsp3) is 0.227. The van der Waals surface area contributed by atoms with Crippen molar-refractivity contribution in [2.75, 3.05) is 12.8 Å². The van der Waals surface area contributed by atoms with E-state index in [2.05, 4.69) is 15.1 Å². The minimum absolute atomic E-state index is 0.0484. The summed E-state index contributed by atoms with van der Waals surface area (Å²) in [6.07, 6.45) is -8.07. The van der Waals surface area contributed by atoms with Crippen molar-refractivity contribution < 1.29 is 35.9 Å². The topological polar surface area (TPSA) is 110 Å². The number of aromatic nitrogens is 4. The summed E-state index contributed by atoms with van der Waals surface area (Å²) in [4.78, 5) is 33.2. The van der Waals surface area contributed by atoms with Crippen LogP contribution in [0.5, 0.6) is 0 Å². The molecular weight excluding hydrogens is 508 g/mol. The zero-order chi connectivity index (χ0) is 27.3. The molecule has 0 saturated heterocycles. The number of hydrazine groups is 1. The Hall–Kier alpha value is -4.43. The van der Waals surface area contributed by atoms with Gasteiger partial charge in [-0.2, -0.15) is 31.4 Å². The largest absolute Gasteiger partial charge is 0.473 e. The zero-order valence-electron chi connectivity index (χ0n) is 19.1. The smallest absolute Gasteiger partial charge is 0.383 e. The maximum Gasteiger partial charge on any atom is 0.473 e. The minimum Gasteiger partial charge on any atom is -0.383 e. The van der Waals surface area contributed by atoms with E-state index in [0.717, 1.165) is 13.1 Å². The van der Waals surface area contributed by atoms with Crippen molar-refractivity contribution in [2.45, 2.75) is 18.9 Å². The summed E-state index contributed by atoms with van der Waals surface area (Å²) < 4.78 is 79.6. The fourth-order valence-electron chi connectivity index (χ4n) is 3.69. The molecule has 0 unspecified atom stereocenters. The van der Waals surface area contributed by atoms with Crippen molar-refractivity contribution in [3.8, 4) is 0 Å². The molecule has 194 valence electrons. The third kappa shape index (κ3) is 4.83. The highest BCUT2D eigenvalue weighted by Gasteiger charge is 2.44. The van der Waals surface area contributed by atoms with Crippen molar-refractivity contribution in [2.24, 2.45) is 7.05 Å². The van der Waals surface area contributed by atoms with Gasteiger partial charge in [0.05, 0.1) is 40.4 Å². The number of nitrogens with zero attached hydrogens (tertiary/aromatic N) is 6. The van der Waals surface area contributed by atoms with Crippen LogP contribution in [-0.2, 0) is 24.6 Å². The Bertz CT molecular complexity index is 1510. The number of carbonyl (C=O) groups is 2. The van der Waals surface area contributed by atoms with Crippen molar-refractivity contribution in [3.05, 3.63) is 59.5 Å². The third-order valence-corrected chi connectivity index (χ3v) is 5.55. The van der Waals surface area contributed by atoms with E-state index in [-0.39, 0.29) is 22.1 Å². The molecule has 9 nitrogen and oxygen atoms in total. The quantitative estimate of drug-likeness (QED) is 0.323. The number of hydrogen-bond acceptors (Lipinski definition) is 6. The Balaban J connectivity index is 1.78. The first-order valence-electron chi connectivity index (χ1n) is 10.4. The molecule has 2 amide bonds. The molecule has 0 aliphatic heterocycles. The van der Waals surface area contributed by atoms with Crippen LogP contribution in [0.1, 0.15) is 21.6 Å². The molecule has 3 heterocycles. The number of anilines is 1. The molecule has 0 bridgehead atoms. The molecule has 0 saturated carbocycles. The number of amides is 2. The SMILES string of the molecule is CN(C(=O)C(F)(F)F)N(Cc1ccc(C(F)(F)F)cn1)C(=O)c1ccc2nc(N)c3cnn(C)c3c2c1. The number of alkyl halides is 6. The van der Waals surface area contributed by atoms with E-state index < -0.39 is 36.3 Å². The van der Waals surface area contributed by atoms with E-state index in [1.54, 1.807) is 7.05 Å². The molecule has 4 rings (SSSR count). The highest BCUT2D eigenvalue weighted by molar-refractivity contribution is 6.10. The number of fused-ring (bicyclic) bond motifs is 3. The van der Waals surface area contributed by atoms with E-state index in [9.17, 15) is 35.9 Å². The molecule has 0 aliphatic rings. The maximum absolute atomic E-state index is 13.4. The first-order valence-corrected chi connectivity index (χ1v) is 10.4. The van der Waals surface area contributed by atoms with Gasteiger partial charge in [0, 0.05) is 31.2 Å². The van der Waals surface area contributed by atoms with Gasteiger partial charge in [-0.05, 0) is 30.3 Å². The lowest BCUT2D eigenvalue weighted by molar-refractivity contribution is -0.196.